The minimum absolute atomic E-state index is 0.540. The maximum Gasteiger partial charge on any atom is 0.0385 e. The van der Waals surface area contributed by atoms with Crippen LogP contribution in [-0.2, 0) is 0 Å². The Kier molecular flexibility index (Phi) is 2.93. The van der Waals surface area contributed by atoms with E-state index in [0.717, 1.165) is 12.5 Å². The Balaban J connectivity index is 1.88. The lowest BCUT2D eigenvalue weighted by Gasteiger charge is -2.25. The molecule has 2 nitrogen and oxygen atoms in total. The number of rotatable bonds is 3. The highest BCUT2D eigenvalue weighted by Gasteiger charge is 2.32. The van der Waals surface area contributed by atoms with E-state index in [9.17, 15) is 0 Å². The molecule has 1 saturated heterocycles. The average Bonchev–Trinajstić information content (AvgIpc) is 3.13. The molecule has 1 aliphatic heterocycles. The number of nitrogens with two attached hydrogens (primary N) is 1. The zero-order valence-electron chi connectivity index (χ0n) is 10.6. The summed E-state index contributed by atoms with van der Waals surface area (Å²) in [5.41, 5.74) is 8.92. The summed E-state index contributed by atoms with van der Waals surface area (Å²) in [6, 6.07) is 9.75. The van der Waals surface area contributed by atoms with Crippen LogP contribution in [-0.4, -0.2) is 25.0 Å². The maximum atomic E-state index is 5.91. The fourth-order valence-electron chi connectivity index (χ4n) is 3.21. The third-order valence-electron chi connectivity index (χ3n) is 4.38. The van der Waals surface area contributed by atoms with Crippen molar-refractivity contribution >= 4 is 0 Å². The van der Waals surface area contributed by atoms with Gasteiger partial charge in [-0.15, -0.1) is 0 Å². The lowest BCUT2D eigenvalue weighted by molar-refractivity contribution is 0.279. The van der Waals surface area contributed by atoms with E-state index in [2.05, 4.69) is 36.2 Å². The predicted octanol–water partition coefficient (Wildman–Crippen LogP) is 2.52. The van der Waals surface area contributed by atoms with Crippen LogP contribution in [0, 0.1) is 5.92 Å². The van der Waals surface area contributed by atoms with Gasteiger partial charge in [0.05, 0.1) is 0 Å². The first-order chi connectivity index (χ1) is 8.29. The Morgan fingerprint density at radius 1 is 1.24 bits per heavy atom. The highest BCUT2D eigenvalue weighted by Crippen LogP contribution is 2.42. The lowest BCUT2D eigenvalue weighted by Crippen LogP contribution is -2.25. The zero-order chi connectivity index (χ0) is 11.8. The van der Waals surface area contributed by atoms with E-state index in [1.54, 1.807) is 5.56 Å². The van der Waals surface area contributed by atoms with Crippen molar-refractivity contribution in [1.82, 2.24) is 4.90 Å². The van der Waals surface area contributed by atoms with E-state index in [4.69, 9.17) is 5.73 Å². The Morgan fingerprint density at radius 2 is 2.00 bits per heavy atom. The molecule has 2 aliphatic rings. The van der Waals surface area contributed by atoms with Gasteiger partial charge in [-0.05, 0) is 62.4 Å². The van der Waals surface area contributed by atoms with Gasteiger partial charge in [-0.25, -0.2) is 0 Å². The SMILES string of the molecule is CN1CCC(CN)C1c1cccc(C2CC2)c1. The summed E-state index contributed by atoms with van der Waals surface area (Å²) in [5, 5.41) is 0. The van der Waals surface area contributed by atoms with Gasteiger partial charge in [0.25, 0.3) is 0 Å². The zero-order valence-corrected chi connectivity index (χ0v) is 10.6. The third kappa shape index (κ3) is 2.12. The molecular formula is C15H22N2. The van der Waals surface area contributed by atoms with E-state index in [0.29, 0.717) is 12.0 Å². The molecule has 0 radical (unpaired) electrons. The van der Waals surface area contributed by atoms with Gasteiger partial charge in [0.1, 0.15) is 0 Å². The third-order valence-corrected chi connectivity index (χ3v) is 4.38. The summed E-state index contributed by atoms with van der Waals surface area (Å²) >= 11 is 0. The van der Waals surface area contributed by atoms with Crippen molar-refractivity contribution in [1.29, 1.82) is 0 Å². The van der Waals surface area contributed by atoms with Gasteiger partial charge < -0.3 is 5.73 Å². The topological polar surface area (TPSA) is 29.3 Å². The van der Waals surface area contributed by atoms with Crippen LogP contribution in [0.25, 0.3) is 0 Å². The fraction of sp³-hybridized carbons (Fsp3) is 0.600. The van der Waals surface area contributed by atoms with Crippen LogP contribution in [0.5, 0.6) is 0 Å². The molecule has 1 aromatic carbocycles. The molecule has 2 heteroatoms. The van der Waals surface area contributed by atoms with Gasteiger partial charge in [-0.2, -0.15) is 0 Å². The van der Waals surface area contributed by atoms with Crippen molar-refractivity contribution in [3.63, 3.8) is 0 Å². The van der Waals surface area contributed by atoms with Crippen molar-refractivity contribution in [2.75, 3.05) is 20.1 Å². The van der Waals surface area contributed by atoms with Gasteiger partial charge >= 0.3 is 0 Å². The summed E-state index contributed by atoms with van der Waals surface area (Å²) in [4.78, 5) is 2.46. The molecule has 1 aliphatic carbocycles. The highest BCUT2D eigenvalue weighted by atomic mass is 15.2. The highest BCUT2D eigenvalue weighted by molar-refractivity contribution is 5.31. The van der Waals surface area contributed by atoms with E-state index >= 15 is 0 Å². The first-order valence-corrected chi connectivity index (χ1v) is 6.79. The van der Waals surface area contributed by atoms with Crippen molar-refractivity contribution in [2.24, 2.45) is 11.7 Å². The molecule has 2 unspecified atom stereocenters. The molecule has 1 heterocycles. The molecule has 0 amide bonds. The summed E-state index contributed by atoms with van der Waals surface area (Å²) in [6.07, 6.45) is 4.00. The van der Waals surface area contributed by atoms with E-state index in [-0.39, 0.29) is 0 Å². The summed E-state index contributed by atoms with van der Waals surface area (Å²) in [5.74, 6) is 1.48. The normalized spacial score (nSPS) is 29.8. The van der Waals surface area contributed by atoms with Crippen LogP contribution in [0.4, 0.5) is 0 Å². The molecule has 3 rings (SSSR count). The van der Waals surface area contributed by atoms with Crippen molar-refractivity contribution < 1.29 is 0 Å². The minimum atomic E-state index is 0.540. The number of hydrogen-bond acceptors (Lipinski definition) is 2. The van der Waals surface area contributed by atoms with Gasteiger partial charge in [0.15, 0.2) is 0 Å². The Hall–Kier alpha value is -0.860. The van der Waals surface area contributed by atoms with Crippen molar-refractivity contribution in [3.8, 4) is 0 Å². The van der Waals surface area contributed by atoms with Crippen LogP contribution in [0.1, 0.15) is 42.3 Å². The molecule has 0 aromatic heterocycles. The quantitative estimate of drug-likeness (QED) is 0.864. The number of benzene rings is 1. The van der Waals surface area contributed by atoms with Gasteiger partial charge in [-0.1, -0.05) is 24.3 Å². The predicted molar refractivity (Wildman–Crippen MR) is 70.9 cm³/mol. The van der Waals surface area contributed by atoms with Gasteiger partial charge in [-0.3, -0.25) is 4.90 Å². The molecule has 92 valence electrons. The smallest absolute Gasteiger partial charge is 0.0385 e. The lowest BCUT2D eigenvalue weighted by atomic mass is 9.92. The number of likely N-dealkylation sites (tertiary alicyclic amines) is 1. The number of nitrogens with zero attached hydrogens (tertiary/aromatic N) is 1. The first-order valence-electron chi connectivity index (χ1n) is 6.79. The maximum absolute atomic E-state index is 5.91. The molecule has 0 spiro atoms. The molecule has 1 aromatic rings. The van der Waals surface area contributed by atoms with Crippen LogP contribution in [0.15, 0.2) is 24.3 Å². The molecule has 1 saturated carbocycles. The molecule has 2 N–H and O–H groups in total. The summed E-state index contributed by atoms with van der Waals surface area (Å²) < 4.78 is 0. The average molecular weight is 230 g/mol. The Bertz CT molecular complexity index is 398. The molecule has 2 fully saturated rings. The van der Waals surface area contributed by atoms with Crippen LogP contribution in [0.3, 0.4) is 0 Å². The van der Waals surface area contributed by atoms with Crippen LogP contribution in [0.2, 0.25) is 0 Å². The Morgan fingerprint density at radius 3 is 2.71 bits per heavy atom. The Labute approximate surface area is 104 Å². The minimum Gasteiger partial charge on any atom is -0.330 e. The first kappa shape index (κ1) is 11.2. The monoisotopic (exact) mass is 230 g/mol. The fourth-order valence-corrected chi connectivity index (χ4v) is 3.21. The summed E-state index contributed by atoms with van der Waals surface area (Å²) in [7, 11) is 2.23. The van der Waals surface area contributed by atoms with Crippen LogP contribution < -0.4 is 5.73 Å². The van der Waals surface area contributed by atoms with Gasteiger partial charge in [0.2, 0.25) is 0 Å². The second kappa shape index (κ2) is 4.43. The molecule has 0 bridgehead atoms. The van der Waals surface area contributed by atoms with E-state index < -0.39 is 0 Å². The van der Waals surface area contributed by atoms with Crippen molar-refractivity contribution in [3.05, 3.63) is 35.4 Å². The van der Waals surface area contributed by atoms with Crippen molar-refractivity contribution in [2.45, 2.75) is 31.2 Å². The molecule has 17 heavy (non-hydrogen) atoms. The van der Waals surface area contributed by atoms with Crippen LogP contribution >= 0.6 is 0 Å². The second-order valence-corrected chi connectivity index (χ2v) is 5.65. The van der Waals surface area contributed by atoms with Gasteiger partial charge in [0, 0.05) is 6.04 Å². The van der Waals surface area contributed by atoms with E-state index in [1.807, 2.05) is 0 Å². The molecular weight excluding hydrogens is 208 g/mol. The standard InChI is InChI=1S/C15H22N2/c1-17-8-7-14(10-16)15(17)13-4-2-3-12(9-13)11-5-6-11/h2-4,9,11,14-15H,5-8,10,16H2,1H3. The van der Waals surface area contributed by atoms with E-state index in [1.165, 1.54) is 31.4 Å². The molecule has 2 atom stereocenters. The second-order valence-electron chi connectivity index (χ2n) is 5.65. The largest absolute Gasteiger partial charge is 0.330 e. The summed E-state index contributed by atoms with van der Waals surface area (Å²) in [6.45, 7) is 1.99. The number of hydrogen-bond donors (Lipinski definition) is 1.